The first kappa shape index (κ1) is 9.66. The van der Waals surface area contributed by atoms with E-state index in [2.05, 4.69) is 5.10 Å². The number of hydrazone groups is 1. The number of rotatable bonds is 3. The zero-order valence-electron chi connectivity index (χ0n) is 7.10. The molecule has 2 N–H and O–H groups in total. The van der Waals surface area contributed by atoms with Crippen molar-refractivity contribution < 1.29 is 19.8 Å². The predicted octanol–water partition coefficient (Wildman–Crippen LogP) is -1.10. The molecule has 0 aliphatic carbocycles. The van der Waals surface area contributed by atoms with Crippen molar-refractivity contribution in [2.45, 2.75) is 6.42 Å². The fraction of sp³-hybridized carbons (Fsp3) is 0.571. The van der Waals surface area contributed by atoms with Crippen LogP contribution in [0.15, 0.2) is 5.10 Å². The second kappa shape index (κ2) is 3.53. The molecule has 1 heterocycles. The Kier molecular flexibility index (Phi) is 2.62. The number of aliphatic hydroxyl groups excluding tert-OH is 1. The molecule has 0 spiro atoms. The summed E-state index contributed by atoms with van der Waals surface area (Å²) in [6.45, 7) is -0.226. The molecule has 0 aromatic carbocycles. The van der Waals surface area contributed by atoms with Gasteiger partial charge in [-0.1, -0.05) is 0 Å². The fourth-order valence-corrected chi connectivity index (χ4v) is 1.20. The summed E-state index contributed by atoms with van der Waals surface area (Å²) in [4.78, 5) is 21.8. The van der Waals surface area contributed by atoms with Crippen LogP contribution < -0.4 is 0 Å². The third kappa shape index (κ3) is 1.67. The number of carboxylic acid groups (broad SMARTS) is 1. The number of aliphatic carboxylic acids is 1. The highest BCUT2D eigenvalue weighted by atomic mass is 16.4. The van der Waals surface area contributed by atoms with E-state index in [1.54, 1.807) is 0 Å². The summed E-state index contributed by atoms with van der Waals surface area (Å²) in [5, 5.41) is 21.8. The maximum absolute atomic E-state index is 11.2. The van der Waals surface area contributed by atoms with E-state index >= 15 is 0 Å². The molecular weight excluding hydrogens is 176 g/mol. The maximum Gasteiger partial charge on any atom is 0.352 e. The molecule has 1 aliphatic rings. The van der Waals surface area contributed by atoms with Crippen LogP contribution in [0.25, 0.3) is 0 Å². The van der Waals surface area contributed by atoms with Crippen molar-refractivity contribution >= 4 is 17.6 Å². The number of carboxylic acids is 1. The van der Waals surface area contributed by atoms with Gasteiger partial charge in [0.05, 0.1) is 5.92 Å². The first-order valence-electron chi connectivity index (χ1n) is 3.78. The second-order valence-electron chi connectivity index (χ2n) is 2.72. The molecule has 1 rings (SSSR count). The van der Waals surface area contributed by atoms with Crippen LogP contribution in [0.2, 0.25) is 0 Å². The fourth-order valence-electron chi connectivity index (χ4n) is 1.20. The highest BCUT2D eigenvalue weighted by Crippen LogP contribution is 2.17. The largest absolute Gasteiger partial charge is 0.477 e. The van der Waals surface area contributed by atoms with E-state index in [-0.39, 0.29) is 24.6 Å². The predicted molar refractivity (Wildman–Crippen MR) is 43.0 cm³/mol. The van der Waals surface area contributed by atoms with Crippen LogP contribution in [0.5, 0.6) is 0 Å². The zero-order chi connectivity index (χ0) is 10.0. The van der Waals surface area contributed by atoms with Gasteiger partial charge in [-0.05, 0) is 6.42 Å². The molecule has 1 amide bonds. The minimum Gasteiger partial charge on any atom is -0.477 e. The first-order valence-corrected chi connectivity index (χ1v) is 3.78. The molecule has 6 heteroatoms. The molecule has 1 aliphatic heterocycles. The molecule has 13 heavy (non-hydrogen) atoms. The Morgan fingerprint density at radius 3 is 2.77 bits per heavy atom. The van der Waals surface area contributed by atoms with E-state index in [1.807, 2.05) is 0 Å². The van der Waals surface area contributed by atoms with Gasteiger partial charge in [-0.3, -0.25) is 4.79 Å². The molecule has 0 bridgehead atoms. The Morgan fingerprint density at radius 1 is 1.69 bits per heavy atom. The molecule has 0 aromatic heterocycles. The lowest BCUT2D eigenvalue weighted by atomic mass is 10.0. The van der Waals surface area contributed by atoms with Gasteiger partial charge in [0.1, 0.15) is 0 Å². The second-order valence-corrected chi connectivity index (χ2v) is 2.72. The summed E-state index contributed by atoms with van der Waals surface area (Å²) in [5.41, 5.74) is -0.193. The van der Waals surface area contributed by atoms with Crippen LogP contribution >= 0.6 is 0 Å². The summed E-state index contributed by atoms with van der Waals surface area (Å²) in [7, 11) is 1.39. The molecule has 1 atom stereocenters. The van der Waals surface area contributed by atoms with E-state index < -0.39 is 11.9 Å². The van der Waals surface area contributed by atoms with Crippen molar-refractivity contribution in [2.24, 2.45) is 11.0 Å². The minimum atomic E-state index is -1.21. The van der Waals surface area contributed by atoms with Gasteiger partial charge in [-0.2, -0.15) is 5.10 Å². The normalized spacial score (nSPS) is 22.0. The standard InChI is InChI=1S/C7H10N2O4/c1-9-6(11)4(2-3-10)5(8-9)7(12)13/h4,10H,2-3H2,1H3,(H,12,13)/t4-/m1/s1. The van der Waals surface area contributed by atoms with Gasteiger partial charge in [0, 0.05) is 13.7 Å². The molecule has 0 saturated heterocycles. The van der Waals surface area contributed by atoms with Gasteiger partial charge in [-0.15, -0.1) is 0 Å². The number of hydrogen-bond donors (Lipinski definition) is 2. The summed E-state index contributed by atoms with van der Waals surface area (Å²) >= 11 is 0. The average molecular weight is 186 g/mol. The SMILES string of the molecule is CN1N=C(C(=O)O)[C@@H](CCO)C1=O. The summed E-state index contributed by atoms with van der Waals surface area (Å²) in [6.07, 6.45) is 0.105. The number of hydrogen-bond acceptors (Lipinski definition) is 4. The van der Waals surface area contributed by atoms with Crippen molar-refractivity contribution in [1.29, 1.82) is 0 Å². The van der Waals surface area contributed by atoms with Crippen LogP contribution in [0.3, 0.4) is 0 Å². The van der Waals surface area contributed by atoms with Crippen LogP contribution in [0, 0.1) is 5.92 Å². The number of amides is 1. The van der Waals surface area contributed by atoms with Crippen molar-refractivity contribution in [3.05, 3.63) is 0 Å². The molecule has 72 valence electrons. The Labute approximate surface area is 74.5 Å². The first-order chi connectivity index (χ1) is 6.07. The van der Waals surface area contributed by atoms with Gasteiger partial charge in [-0.25, -0.2) is 9.80 Å². The quantitative estimate of drug-likeness (QED) is 0.585. The highest BCUT2D eigenvalue weighted by molar-refractivity contribution is 6.41. The van der Waals surface area contributed by atoms with Gasteiger partial charge in [0.2, 0.25) is 0 Å². The highest BCUT2D eigenvalue weighted by Gasteiger charge is 2.37. The molecule has 0 saturated carbocycles. The lowest BCUT2D eigenvalue weighted by Crippen LogP contribution is -2.28. The maximum atomic E-state index is 11.2. The van der Waals surface area contributed by atoms with Crippen LogP contribution in [0.4, 0.5) is 0 Å². The molecule has 0 aromatic rings. The minimum absolute atomic E-state index is 0.105. The lowest BCUT2D eigenvalue weighted by molar-refractivity contribution is -0.132. The van der Waals surface area contributed by atoms with Crippen LogP contribution in [0.1, 0.15) is 6.42 Å². The van der Waals surface area contributed by atoms with Crippen molar-refractivity contribution in [3.63, 3.8) is 0 Å². The van der Waals surface area contributed by atoms with E-state index in [0.717, 1.165) is 5.01 Å². The average Bonchev–Trinajstić information content (AvgIpc) is 2.33. The molecule has 6 nitrogen and oxygen atoms in total. The van der Waals surface area contributed by atoms with E-state index in [9.17, 15) is 9.59 Å². The van der Waals surface area contributed by atoms with Crippen molar-refractivity contribution in [3.8, 4) is 0 Å². The van der Waals surface area contributed by atoms with Gasteiger partial charge < -0.3 is 10.2 Å². The number of carbonyl (C=O) groups is 2. The number of carbonyl (C=O) groups excluding carboxylic acids is 1. The van der Waals surface area contributed by atoms with Crippen molar-refractivity contribution in [1.82, 2.24) is 5.01 Å². The topological polar surface area (TPSA) is 90.2 Å². The molecule has 0 radical (unpaired) electrons. The van der Waals surface area contributed by atoms with E-state index in [0.29, 0.717) is 0 Å². The van der Waals surface area contributed by atoms with Crippen LogP contribution in [-0.4, -0.2) is 46.5 Å². The lowest BCUT2D eigenvalue weighted by Gasteiger charge is -2.06. The van der Waals surface area contributed by atoms with Crippen molar-refractivity contribution in [2.75, 3.05) is 13.7 Å². The Balaban J connectivity index is 2.86. The third-order valence-corrected chi connectivity index (χ3v) is 1.84. The Bertz CT molecular complexity index is 274. The van der Waals surface area contributed by atoms with Crippen LogP contribution in [-0.2, 0) is 9.59 Å². The number of nitrogens with zero attached hydrogens (tertiary/aromatic N) is 2. The van der Waals surface area contributed by atoms with E-state index in [1.165, 1.54) is 7.05 Å². The zero-order valence-corrected chi connectivity index (χ0v) is 7.10. The number of aliphatic hydroxyl groups is 1. The smallest absolute Gasteiger partial charge is 0.352 e. The van der Waals surface area contributed by atoms with Gasteiger partial charge in [0.15, 0.2) is 5.71 Å². The molecule has 0 unspecified atom stereocenters. The summed E-state index contributed by atoms with van der Waals surface area (Å²) in [5.74, 6) is -2.39. The Hall–Kier alpha value is -1.43. The molecule has 0 fully saturated rings. The monoisotopic (exact) mass is 186 g/mol. The van der Waals surface area contributed by atoms with Gasteiger partial charge >= 0.3 is 5.97 Å². The van der Waals surface area contributed by atoms with E-state index in [4.69, 9.17) is 10.2 Å². The summed E-state index contributed by atoms with van der Waals surface area (Å²) < 4.78 is 0. The summed E-state index contributed by atoms with van der Waals surface area (Å²) in [6, 6.07) is 0. The molecular formula is C7H10N2O4. The van der Waals surface area contributed by atoms with Gasteiger partial charge in [0.25, 0.3) is 5.91 Å². The third-order valence-electron chi connectivity index (χ3n) is 1.84. The Morgan fingerprint density at radius 2 is 2.31 bits per heavy atom.